The molecule has 4 atom stereocenters. The summed E-state index contributed by atoms with van der Waals surface area (Å²) in [5, 5.41) is 9.08. The van der Waals surface area contributed by atoms with E-state index in [2.05, 4.69) is 18.7 Å². The molecule has 1 N–H and O–H groups in total. The third kappa shape index (κ3) is 3.47. The van der Waals surface area contributed by atoms with Crippen LogP contribution in [0, 0.1) is 17.8 Å². The first-order valence-corrected chi connectivity index (χ1v) is 7.53. The lowest BCUT2D eigenvalue weighted by Gasteiger charge is -2.39. The van der Waals surface area contributed by atoms with Crippen molar-refractivity contribution in [2.75, 3.05) is 13.1 Å². The molecule has 1 aliphatic carbocycles. The molecule has 1 aliphatic heterocycles. The number of carboxylic acid groups (broad SMARTS) is 1. The van der Waals surface area contributed by atoms with Crippen LogP contribution in [0.2, 0.25) is 0 Å². The number of hydrogen-bond donors (Lipinski definition) is 1. The Labute approximate surface area is 111 Å². The fraction of sp³-hybridized carbons (Fsp3) is 0.933. The molecule has 3 nitrogen and oxygen atoms in total. The first-order chi connectivity index (χ1) is 8.56. The molecule has 0 aromatic carbocycles. The van der Waals surface area contributed by atoms with Crippen LogP contribution in [-0.4, -0.2) is 35.1 Å². The molecule has 4 unspecified atom stereocenters. The lowest BCUT2D eigenvalue weighted by atomic mass is 9.81. The summed E-state index contributed by atoms with van der Waals surface area (Å²) in [5.41, 5.74) is 0. The molecule has 0 spiro atoms. The average molecular weight is 253 g/mol. The van der Waals surface area contributed by atoms with Crippen LogP contribution in [0.15, 0.2) is 0 Å². The quantitative estimate of drug-likeness (QED) is 0.840. The second kappa shape index (κ2) is 6.05. The van der Waals surface area contributed by atoms with Gasteiger partial charge in [-0.1, -0.05) is 19.8 Å². The molecule has 18 heavy (non-hydrogen) atoms. The summed E-state index contributed by atoms with van der Waals surface area (Å²) in [6.45, 7) is 6.73. The molecule has 104 valence electrons. The smallest absolute Gasteiger partial charge is 0.306 e. The Balaban J connectivity index is 1.81. The molecule has 0 radical (unpaired) electrons. The molecule has 0 aromatic rings. The molecule has 2 aliphatic rings. The number of hydrogen-bond acceptors (Lipinski definition) is 2. The topological polar surface area (TPSA) is 40.5 Å². The standard InChI is InChI=1S/C15H27NO2/c1-11-4-3-5-13(8-11)10-16-7-6-14(15(17)18)9-12(16)2/h11-14H,3-10H2,1-2H3,(H,17,18). The molecule has 1 saturated carbocycles. The molecule has 2 rings (SSSR count). The Bertz CT molecular complexity index is 292. The third-order valence-electron chi connectivity index (χ3n) is 4.90. The van der Waals surface area contributed by atoms with E-state index >= 15 is 0 Å². The van der Waals surface area contributed by atoms with Crippen LogP contribution in [0.5, 0.6) is 0 Å². The largest absolute Gasteiger partial charge is 0.481 e. The van der Waals surface area contributed by atoms with E-state index in [1.807, 2.05) is 0 Å². The van der Waals surface area contributed by atoms with E-state index in [1.54, 1.807) is 0 Å². The number of likely N-dealkylation sites (tertiary alicyclic amines) is 1. The van der Waals surface area contributed by atoms with Gasteiger partial charge in [-0.25, -0.2) is 0 Å². The Morgan fingerprint density at radius 1 is 1.22 bits per heavy atom. The number of piperidine rings is 1. The van der Waals surface area contributed by atoms with Gasteiger partial charge in [0.1, 0.15) is 0 Å². The molecule has 0 bridgehead atoms. The zero-order valence-electron chi connectivity index (χ0n) is 11.8. The van der Waals surface area contributed by atoms with Crippen molar-refractivity contribution >= 4 is 5.97 Å². The Kier molecular flexibility index (Phi) is 4.66. The van der Waals surface area contributed by atoms with Crippen LogP contribution in [0.25, 0.3) is 0 Å². The zero-order valence-corrected chi connectivity index (χ0v) is 11.8. The average Bonchev–Trinajstić information content (AvgIpc) is 2.31. The van der Waals surface area contributed by atoms with E-state index in [0.29, 0.717) is 6.04 Å². The Hall–Kier alpha value is -0.570. The summed E-state index contributed by atoms with van der Waals surface area (Å²) in [6.07, 6.45) is 7.18. The number of nitrogens with zero attached hydrogens (tertiary/aromatic N) is 1. The van der Waals surface area contributed by atoms with Crippen molar-refractivity contribution in [1.82, 2.24) is 4.90 Å². The molecule has 1 saturated heterocycles. The van der Waals surface area contributed by atoms with Gasteiger partial charge in [0.05, 0.1) is 5.92 Å². The predicted molar refractivity (Wildman–Crippen MR) is 72.5 cm³/mol. The predicted octanol–water partition coefficient (Wildman–Crippen LogP) is 3.00. The first kappa shape index (κ1) is 13.9. The SMILES string of the molecule is CC1CCCC(CN2CCC(C(=O)O)CC2C)C1. The summed E-state index contributed by atoms with van der Waals surface area (Å²) in [6, 6.07) is 0.442. The van der Waals surface area contributed by atoms with Crippen LogP contribution in [-0.2, 0) is 4.79 Å². The van der Waals surface area contributed by atoms with Crippen LogP contribution in [0.4, 0.5) is 0 Å². The van der Waals surface area contributed by atoms with Crippen molar-refractivity contribution in [1.29, 1.82) is 0 Å². The van der Waals surface area contributed by atoms with Gasteiger partial charge in [0.15, 0.2) is 0 Å². The maximum Gasteiger partial charge on any atom is 0.306 e. The number of carboxylic acids is 1. The fourth-order valence-electron chi connectivity index (χ4n) is 3.77. The fourth-order valence-corrected chi connectivity index (χ4v) is 3.77. The van der Waals surface area contributed by atoms with Crippen molar-refractivity contribution in [3.8, 4) is 0 Å². The highest BCUT2D eigenvalue weighted by molar-refractivity contribution is 5.70. The lowest BCUT2D eigenvalue weighted by Crippen LogP contribution is -2.45. The summed E-state index contributed by atoms with van der Waals surface area (Å²) < 4.78 is 0. The van der Waals surface area contributed by atoms with E-state index in [-0.39, 0.29) is 5.92 Å². The van der Waals surface area contributed by atoms with Crippen molar-refractivity contribution in [2.24, 2.45) is 17.8 Å². The minimum absolute atomic E-state index is 0.110. The van der Waals surface area contributed by atoms with Gasteiger partial charge in [-0.05, 0) is 51.0 Å². The summed E-state index contributed by atoms with van der Waals surface area (Å²) in [4.78, 5) is 13.6. The second-order valence-electron chi connectivity index (χ2n) is 6.54. The van der Waals surface area contributed by atoms with Crippen LogP contribution in [0.1, 0.15) is 52.4 Å². The van der Waals surface area contributed by atoms with Crippen molar-refractivity contribution in [3.05, 3.63) is 0 Å². The van der Waals surface area contributed by atoms with E-state index < -0.39 is 5.97 Å². The van der Waals surface area contributed by atoms with Crippen LogP contribution >= 0.6 is 0 Å². The van der Waals surface area contributed by atoms with Crippen molar-refractivity contribution < 1.29 is 9.90 Å². The highest BCUT2D eigenvalue weighted by Gasteiger charge is 2.31. The Morgan fingerprint density at radius 2 is 2.00 bits per heavy atom. The van der Waals surface area contributed by atoms with Gasteiger partial charge in [-0.3, -0.25) is 4.79 Å². The first-order valence-electron chi connectivity index (χ1n) is 7.53. The highest BCUT2D eigenvalue weighted by Crippen LogP contribution is 2.31. The van der Waals surface area contributed by atoms with Crippen molar-refractivity contribution in [3.63, 3.8) is 0 Å². The zero-order chi connectivity index (χ0) is 13.1. The molecular formula is C15H27NO2. The number of aliphatic carboxylic acids is 1. The molecule has 0 aromatic heterocycles. The van der Waals surface area contributed by atoms with Crippen LogP contribution < -0.4 is 0 Å². The third-order valence-corrected chi connectivity index (χ3v) is 4.90. The maximum absolute atomic E-state index is 11.0. The minimum atomic E-state index is -0.604. The summed E-state index contributed by atoms with van der Waals surface area (Å²) in [7, 11) is 0. The lowest BCUT2D eigenvalue weighted by molar-refractivity contribution is -0.144. The normalized spacial score (nSPS) is 38.6. The van der Waals surface area contributed by atoms with Crippen molar-refractivity contribution in [2.45, 2.75) is 58.4 Å². The molecular weight excluding hydrogens is 226 g/mol. The number of rotatable bonds is 3. The molecule has 2 fully saturated rings. The van der Waals surface area contributed by atoms with Gasteiger partial charge in [0, 0.05) is 12.6 Å². The van der Waals surface area contributed by atoms with Gasteiger partial charge in [-0.15, -0.1) is 0 Å². The van der Waals surface area contributed by atoms with Crippen LogP contribution in [0.3, 0.4) is 0 Å². The van der Waals surface area contributed by atoms with E-state index in [9.17, 15) is 4.79 Å². The molecule has 1 heterocycles. The summed E-state index contributed by atoms with van der Waals surface area (Å²) >= 11 is 0. The van der Waals surface area contributed by atoms with Gasteiger partial charge in [-0.2, -0.15) is 0 Å². The molecule has 0 amide bonds. The van der Waals surface area contributed by atoms with E-state index in [0.717, 1.165) is 31.2 Å². The van der Waals surface area contributed by atoms with E-state index in [4.69, 9.17) is 5.11 Å². The maximum atomic E-state index is 11.0. The van der Waals surface area contributed by atoms with Gasteiger partial charge in [0.2, 0.25) is 0 Å². The molecule has 3 heteroatoms. The van der Waals surface area contributed by atoms with Gasteiger partial charge >= 0.3 is 5.97 Å². The van der Waals surface area contributed by atoms with E-state index in [1.165, 1.54) is 32.2 Å². The summed E-state index contributed by atoms with van der Waals surface area (Å²) in [5.74, 6) is 1.02. The van der Waals surface area contributed by atoms with Gasteiger partial charge in [0.25, 0.3) is 0 Å². The highest BCUT2D eigenvalue weighted by atomic mass is 16.4. The van der Waals surface area contributed by atoms with Gasteiger partial charge < -0.3 is 10.0 Å². The number of carbonyl (C=O) groups is 1. The monoisotopic (exact) mass is 253 g/mol. The minimum Gasteiger partial charge on any atom is -0.481 e. The second-order valence-corrected chi connectivity index (χ2v) is 6.54. The Morgan fingerprint density at radius 3 is 2.61 bits per heavy atom.